The van der Waals surface area contributed by atoms with Crippen LogP contribution in [-0.4, -0.2) is 22.6 Å². The molecule has 124 valence electrons. The number of nitrogens with one attached hydrogen (secondary N) is 1. The maximum atomic E-state index is 12.1. The number of fused-ring (bicyclic) bond motifs is 1. The highest BCUT2D eigenvalue weighted by molar-refractivity contribution is 8.00. The molecule has 3 rings (SSSR count). The third kappa shape index (κ3) is 3.59. The zero-order chi connectivity index (χ0) is 17.1. The highest BCUT2D eigenvalue weighted by Crippen LogP contribution is 2.30. The van der Waals surface area contributed by atoms with Crippen LogP contribution in [0.2, 0.25) is 0 Å². The number of hydrogen-bond acceptors (Lipinski definition) is 5. The molecule has 1 aliphatic heterocycles. The van der Waals surface area contributed by atoms with Crippen LogP contribution in [0.15, 0.2) is 35.4 Å². The summed E-state index contributed by atoms with van der Waals surface area (Å²) in [6.45, 7) is 4.23. The Morgan fingerprint density at radius 2 is 2.08 bits per heavy atom. The van der Waals surface area contributed by atoms with Crippen molar-refractivity contribution in [1.82, 2.24) is 4.98 Å². The third-order valence-electron chi connectivity index (χ3n) is 3.74. The Balaban J connectivity index is 1.65. The van der Waals surface area contributed by atoms with Gasteiger partial charge in [0.25, 0.3) is 0 Å². The number of esters is 1. The summed E-state index contributed by atoms with van der Waals surface area (Å²) >= 11 is 1.25. The van der Waals surface area contributed by atoms with Crippen LogP contribution in [0.4, 0.5) is 5.69 Å². The van der Waals surface area contributed by atoms with Gasteiger partial charge in [0.15, 0.2) is 0 Å². The van der Waals surface area contributed by atoms with Crippen LogP contribution in [0.25, 0.3) is 0 Å². The molecule has 0 saturated heterocycles. The van der Waals surface area contributed by atoms with E-state index >= 15 is 0 Å². The minimum atomic E-state index is -0.365. The average molecular weight is 342 g/mol. The van der Waals surface area contributed by atoms with E-state index in [1.54, 1.807) is 0 Å². The van der Waals surface area contributed by atoms with Crippen LogP contribution in [0, 0.1) is 6.92 Å². The van der Waals surface area contributed by atoms with Crippen molar-refractivity contribution in [3.8, 4) is 0 Å². The second-order valence-corrected chi connectivity index (χ2v) is 6.53. The lowest BCUT2D eigenvalue weighted by molar-refractivity contribution is -0.113. The first-order valence-corrected chi connectivity index (χ1v) is 8.74. The van der Waals surface area contributed by atoms with Crippen molar-refractivity contribution < 1.29 is 14.3 Å². The van der Waals surface area contributed by atoms with Gasteiger partial charge >= 0.3 is 5.97 Å². The largest absolute Gasteiger partial charge is 0.457 e. The number of anilines is 1. The monoisotopic (exact) mass is 342 g/mol. The van der Waals surface area contributed by atoms with E-state index < -0.39 is 0 Å². The van der Waals surface area contributed by atoms with Gasteiger partial charge in [0.1, 0.15) is 11.6 Å². The number of aromatic nitrogens is 1. The third-order valence-corrected chi connectivity index (χ3v) is 4.72. The van der Waals surface area contributed by atoms with E-state index in [0.29, 0.717) is 10.6 Å². The number of nitrogens with zero attached hydrogens (tertiary/aromatic N) is 1. The van der Waals surface area contributed by atoms with Gasteiger partial charge in [0.2, 0.25) is 5.91 Å². The molecular weight excluding hydrogens is 324 g/mol. The molecule has 0 radical (unpaired) electrons. The molecule has 0 fully saturated rings. The van der Waals surface area contributed by atoms with Gasteiger partial charge in [-0.1, -0.05) is 30.8 Å². The minimum Gasteiger partial charge on any atom is -0.457 e. The Labute approximate surface area is 144 Å². The van der Waals surface area contributed by atoms with E-state index in [0.717, 1.165) is 23.4 Å². The summed E-state index contributed by atoms with van der Waals surface area (Å²) in [5.74, 6) is -0.311. The fourth-order valence-electron chi connectivity index (χ4n) is 2.52. The molecule has 6 heteroatoms. The Bertz CT molecular complexity index is 788. The van der Waals surface area contributed by atoms with Crippen LogP contribution in [-0.2, 0) is 22.6 Å². The van der Waals surface area contributed by atoms with E-state index in [9.17, 15) is 9.59 Å². The summed E-state index contributed by atoms with van der Waals surface area (Å²) in [6.07, 6.45) is 0.963. The number of aryl methyl sites for hydroxylation is 2. The lowest BCUT2D eigenvalue weighted by Crippen LogP contribution is -2.14. The molecule has 5 nitrogen and oxygen atoms in total. The first kappa shape index (κ1) is 16.5. The highest BCUT2D eigenvalue weighted by Gasteiger charge is 2.26. The van der Waals surface area contributed by atoms with E-state index in [4.69, 9.17) is 4.74 Å². The second kappa shape index (κ2) is 7.05. The standard InChI is InChI=1S/C18H18N2O3S/c1-3-12-4-6-14(7-5-12)20-15(21)10-24-17-16-13(8-11(2)19-17)9-23-18(16)22/h4-8H,3,9-10H2,1-2H3,(H,20,21). The van der Waals surface area contributed by atoms with E-state index in [-0.39, 0.29) is 24.2 Å². The zero-order valence-corrected chi connectivity index (χ0v) is 14.4. The van der Waals surface area contributed by atoms with Gasteiger partial charge in [-0.15, -0.1) is 0 Å². The number of carbonyl (C=O) groups excluding carboxylic acids is 2. The van der Waals surface area contributed by atoms with Gasteiger partial charge in [0, 0.05) is 16.9 Å². The summed E-state index contributed by atoms with van der Waals surface area (Å²) in [6, 6.07) is 9.61. The van der Waals surface area contributed by atoms with Crippen molar-refractivity contribution >= 4 is 29.3 Å². The highest BCUT2D eigenvalue weighted by atomic mass is 32.2. The first-order valence-electron chi connectivity index (χ1n) is 7.76. The molecule has 0 spiro atoms. The van der Waals surface area contributed by atoms with Crippen molar-refractivity contribution in [2.24, 2.45) is 0 Å². The normalized spacial score (nSPS) is 12.7. The number of pyridine rings is 1. The molecule has 0 atom stereocenters. The fourth-order valence-corrected chi connectivity index (χ4v) is 3.42. The first-order chi connectivity index (χ1) is 11.6. The molecule has 0 bridgehead atoms. The summed E-state index contributed by atoms with van der Waals surface area (Å²) in [5.41, 5.74) is 4.13. The summed E-state index contributed by atoms with van der Waals surface area (Å²) in [4.78, 5) is 28.3. The molecule has 1 aromatic carbocycles. The number of cyclic esters (lactones) is 1. The number of amides is 1. The fraction of sp³-hybridized carbons (Fsp3) is 0.278. The second-order valence-electron chi connectivity index (χ2n) is 5.57. The van der Waals surface area contributed by atoms with E-state index in [2.05, 4.69) is 17.2 Å². The predicted octanol–water partition coefficient (Wildman–Crippen LogP) is 3.35. The summed E-state index contributed by atoms with van der Waals surface area (Å²) < 4.78 is 5.05. The van der Waals surface area contributed by atoms with Crippen molar-refractivity contribution in [3.63, 3.8) is 0 Å². The van der Waals surface area contributed by atoms with Gasteiger partial charge in [-0.2, -0.15) is 0 Å². The minimum absolute atomic E-state index is 0.132. The number of carbonyl (C=O) groups is 2. The van der Waals surface area contributed by atoms with Crippen LogP contribution >= 0.6 is 11.8 Å². The van der Waals surface area contributed by atoms with Crippen LogP contribution < -0.4 is 5.32 Å². The molecule has 1 aliphatic rings. The quantitative estimate of drug-likeness (QED) is 0.666. The van der Waals surface area contributed by atoms with Crippen LogP contribution in [0.5, 0.6) is 0 Å². The predicted molar refractivity (Wildman–Crippen MR) is 93.3 cm³/mol. The lowest BCUT2D eigenvalue weighted by atomic mass is 10.1. The van der Waals surface area contributed by atoms with Gasteiger partial charge < -0.3 is 10.1 Å². The Morgan fingerprint density at radius 1 is 1.33 bits per heavy atom. The van der Waals surface area contributed by atoms with Crippen molar-refractivity contribution in [2.75, 3.05) is 11.1 Å². The Kier molecular flexibility index (Phi) is 4.85. The molecule has 24 heavy (non-hydrogen) atoms. The summed E-state index contributed by atoms with van der Waals surface area (Å²) in [7, 11) is 0. The average Bonchev–Trinajstić information content (AvgIpc) is 2.94. The van der Waals surface area contributed by atoms with Crippen molar-refractivity contribution in [1.29, 1.82) is 0 Å². The van der Waals surface area contributed by atoms with Gasteiger partial charge in [-0.3, -0.25) is 4.79 Å². The topological polar surface area (TPSA) is 68.3 Å². The van der Waals surface area contributed by atoms with E-state index in [1.807, 2.05) is 37.3 Å². The molecule has 2 aromatic rings. The van der Waals surface area contributed by atoms with E-state index in [1.165, 1.54) is 17.3 Å². The molecule has 1 N–H and O–H groups in total. The van der Waals surface area contributed by atoms with Gasteiger partial charge in [-0.25, -0.2) is 9.78 Å². The number of thioether (sulfide) groups is 1. The zero-order valence-electron chi connectivity index (χ0n) is 13.6. The smallest absolute Gasteiger partial charge is 0.341 e. The maximum absolute atomic E-state index is 12.1. The Hall–Kier alpha value is -2.34. The molecular formula is C18H18N2O3S. The molecule has 0 unspecified atom stereocenters. The van der Waals surface area contributed by atoms with Crippen LogP contribution in [0.1, 0.15) is 34.1 Å². The van der Waals surface area contributed by atoms with Crippen molar-refractivity contribution in [2.45, 2.75) is 31.9 Å². The SMILES string of the molecule is CCc1ccc(NC(=O)CSc2nc(C)cc3c2C(=O)OC3)cc1. The van der Waals surface area contributed by atoms with Crippen LogP contribution in [0.3, 0.4) is 0 Å². The molecule has 2 heterocycles. The molecule has 1 aromatic heterocycles. The maximum Gasteiger partial charge on any atom is 0.341 e. The number of ether oxygens (including phenoxy) is 1. The van der Waals surface area contributed by atoms with Gasteiger partial charge in [0.05, 0.1) is 11.3 Å². The number of benzene rings is 1. The molecule has 1 amide bonds. The summed E-state index contributed by atoms with van der Waals surface area (Å²) in [5, 5.41) is 3.41. The lowest BCUT2D eigenvalue weighted by Gasteiger charge is -2.08. The Morgan fingerprint density at radius 3 is 2.79 bits per heavy atom. The molecule has 0 aliphatic carbocycles. The molecule has 0 saturated carbocycles. The number of hydrogen-bond donors (Lipinski definition) is 1. The van der Waals surface area contributed by atoms with Crippen molar-refractivity contribution in [3.05, 3.63) is 52.7 Å². The number of rotatable bonds is 5. The van der Waals surface area contributed by atoms with Gasteiger partial charge in [-0.05, 0) is 37.1 Å².